The van der Waals surface area contributed by atoms with Crippen molar-refractivity contribution in [3.05, 3.63) is 56.8 Å². The average molecular weight is 531 g/mol. The third-order valence-corrected chi connectivity index (χ3v) is 7.43. The average Bonchev–Trinajstić information content (AvgIpc) is 3.16. The zero-order valence-corrected chi connectivity index (χ0v) is 22.5. The van der Waals surface area contributed by atoms with Gasteiger partial charge in [-0.15, -0.1) is 11.3 Å². The number of rotatable bonds is 4. The standard InChI is InChI=1S/C25H28ClFN6O2S/c1-12-7-16(27)17(30-23(34)32-22-19(26)15(11-36-22)25(3,4)5)8-18(12)33-10-14-9-29-21(28-6)13(2)20(14)31-24(33)35/h7-9,11H,10H2,1-6H3,(H,28,29)(H,31,35)(H2,30,32,34). The van der Waals surface area contributed by atoms with E-state index in [1.807, 2.05) is 33.1 Å². The number of aryl methyl sites for hydroxylation is 1. The zero-order valence-electron chi connectivity index (χ0n) is 20.9. The second-order valence-corrected chi connectivity index (χ2v) is 10.9. The highest BCUT2D eigenvalue weighted by Gasteiger charge is 2.28. The fraction of sp³-hybridized carbons (Fsp3) is 0.320. The summed E-state index contributed by atoms with van der Waals surface area (Å²) in [5, 5.41) is 14.0. The molecule has 0 unspecified atom stereocenters. The molecule has 4 N–H and O–H groups in total. The number of halogens is 2. The fourth-order valence-corrected chi connectivity index (χ4v) is 5.71. The van der Waals surface area contributed by atoms with Gasteiger partial charge in [0, 0.05) is 24.4 Å². The van der Waals surface area contributed by atoms with E-state index in [2.05, 4.69) is 26.3 Å². The van der Waals surface area contributed by atoms with Gasteiger partial charge in [-0.3, -0.25) is 10.2 Å². The van der Waals surface area contributed by atoms with Crippen molar-refractivity contribution in [3.63, 3.8) is 0 Å². The second-order valence-electron chi connectivity index (χ2n) is 9.64. The summed E-state index contributed by atoms with van der Waals surface area (Å²) in [7, 11) is 1.77. The largest absolute Gasteiger partial charge is 0.373 e. The van der Waals surface area contributed by atoms with Gasteiger partial charge in [0.1, 0.15) is 16.6 Å². The molecule has 36 heavy (non-hydrogen) atoms. The predicted molar refractivity (Wildman–Crippen MR) is 146 cm³/mol. The van der Waals surface area contributed by atoms with Crippen LogP contribution < -0.4 is 26.2 Å². The van der Waals surface area contributed by atoms with Crippen molar-refractivity contribution >= 4 is 62.9 Å². The number of thiophene rings is 1. The molecule has 0 aliphatic carbocycles. The third kappa shape index (κ3) is 4.83. The summed E-state index contributed by atoms with van der Waals surface area (Å²) in [6.45, 7) is 9.91. The molecular formula is C25H28ClFN6O2S. The molecule has 0 saturated heterocycles. The maximum Gasteiger partial charge on any atom is 0.326 e. The highest BCUT2D eigenvalue weighted by Crippen LogP contribution is 2.40. The lowest BCUT2D eigenvalue weighted by Crippen LogP contribution is -2.39. The Hall–Kier alpha value is -3.37. The lowest BCUT2D eigenvalue weighted by Gasteiger charge is -2.31. The maximum absolute atomic E-state index is 14.8. The van der Waals surface area contributed by atoms with Crippen LogP contribution in [0.15, 0.2) is 23.7 Å². The van der Waals surface area contributed by atoms with Crippen LogP contribution in [0.25, 0.3) is 0 Å². The summed E-state index contributed by atoms with van der Waals surface area (Å²) < 4.78 is 14.8. The quantitative estimate of drug-likeness (QED) is 0.289. The summed E-state index contributed by atoms with van der Waals surface area (Å²) in [6.07, 6.45) is 1.70. The number of anilines is 5. The molecule has 3 heterocycles. The SMILES string of the molecule is CNc1ncc2c(c1C)NC(=O)N(c1cc(NC(=O)Nc3scc(C(C)(C)C)c3Cl)c(F)cc1C)C2. The van der Waals surface area contributed by atoms with Gasteiger partial charge >= 0.3 is 12.1 Å². The monoisotopic (exact) mass is 530 g/mol. The zero-order chi connectivity index (χ0) is 26.4. The van der Waals surface area contributed by atoms with E-state index in [-0.39, 0.29) is 23.7 Å². The first kappa shape index (κ1) is 25.7. The molecule has 190 valence electrons. The van der Waals surface area contributed by atoms with E-state index < -0.39 is 11.8 Å². The number of hydrogen-bond acceptors (Lipinski definition) is 5. The van der Waals surface area contributed by atoms with Crippen LogP contribution >= 0.6 is 22.9 Å². The fourth-order valence-electron chi connectivity index (χ4n) is 4.06. The molecular weight excluding hydrogens is 503 g/mol. The Labute approximate surface area is 218 Å². The highest BCUT2D eigenvalue weighted by molar-refractivity contribution is 7.15. The van der Waals surface area contributed by atoms with Crippen LogP contribution in [0, 0.1) is 19.7 Å². The molecule has 1 aromatic carbocycles. The third-order valence-electron chi connectivity index (χ3n) is 6.03. The van der Waals surface area contributed by atoms with Crippen molar-refractivity contribution in [2.24, 2.45) is 0 Å². The molecule has 11 heteroatoms. The molecule has 8 nitrogen and oxygen atoms in total. The first-order valence-electron chi connectivity index (χ1n) is 11.3. The molecule has 0 atom stereocenters. The lowest BCUT2D eigenvalue weighted by atomic mass is 9.89. The van der Waals surface area contributed by atoms with Crippen molar-refractivity contribution in [2.75, 3.05) is 33.2 Å². The van der Waals surface area contributed by atoms with E-state index in [0.29, 0.717) is 32.8 Å². The van der Waals surface area contributed by atoms with E-state index >= 15 is 0 Å². The maximum atomic E-state index is 14.8. The number of nitrogens with zero attached hydrogens (tertiary/aromatic N) is 2. The molecule has 3 aromatic rings. The molecule has 2 aromatic heterocycles. The number of hydrogen-bond donors (Lipinski definition) is 4. The Morgan fingerprint density at radius 3 is 2.61 bits per heavy atom. The van der Waals surface area contributed by atoms with Gasteiger partial charge in [-0.25, -0.2) is 19.0 Å². The number of pyridine rings is 1. The summed E-state index contributed by atoms with van der Waals surface area (Å²) in [5.74, 6) is 0.0616. The summed E-state index contributed by atoms with van der Waals surface area (Å²) in [4.78, 5) is 31.6. The minimum atomic E-state index is -0.638. The van der Waals surface area contributed by atoms with Gasteiger partial charge in [-0.1, -0.05) is 32.4 Å². The molecule has 0 fully saturated rings. The molecule has 0 bridgehead atoms. The number of benzene rings is 1. The molecule has 0 radical (unpaired) electrons. The Bertz CT molecular complexity index is 1370. The van der Waals surface area contributed by atoms with E-state index in [4.69, 9.17) is 11.6 Å². The summed E-state index contributed by atoms with van der Waals surface area (Å²) >= 11 is 7.76. The Morgan fingerprint density at radius 2 is 1.97 bits per heavy atom. The van der Waals surface area contributed by atoms with Gasteiger partial charge in [0.25, 0.3) is 0 Å². The van der Waals surface area contributed by atoms with E-state index in [1.54, 1.807) is 20.2 Å². The van der Waals surface area contributed by atoms with Gasteiger partial charge < -0.3 is 16.0 Å². The number of urea groups is 2. The topological polar surface area (TPSA) is 98.4 Å². The Kier molecular flexibility index (Phi) is 6.85. The van der Waals surface area contributed by atoms with Crippen LogP contribution in [0.3, 0.4) is 0 Å². The number of nitrogens with one attached hydrogen (secondary N) is 4. The molecule has 0 saturated carbocycles. The second kappa shape index (κ2) is 9.59. The molecule has 4 rings (SSSR count). The minimum Gasteiger partial charge on any atom is -0.373 e. The van der Waals surface area contributed by atoms with Crippen LogP contribution in [0.5, 0.6) is 0 Å². The summed E-state index contributed by atoms with van der Waals surface area (Å²) in [6, 6.07) is 1.75. The highest BCUT2D eigenvalue weighted by atomic mass is 35.5. The van der Waals surface area contributed by atoms with Gasteiger partial charge in [0.05, 0.1) is 28.6 Å². The van der Waals surface area contributed by atoms with Crippen LogP contribution in [0.1, 0.15) is 43.0 Å². The normalized spacial score (nSPS) is 13.2. The first-order chi connectivity index (χ1) is 16.9. The number of carbonyl (C=O) groups excluding carboxylic acids is 2. The van der Waals surface area contributed by atoms with E-state index in [9.17, 15) is 14.0 Å². The minimum absolute atomic E-state index is 0.0599. The summed E-state index contributed by atoms with van der Waals surface area (Å²) in [5.41, 5.74) is 4.04. The lowest BCUT2D eigenvalue weighted by molar-refractivity contribution is 0.256. The van der Waals surface area contributed by atoms with Crippen molar-refractivity contribution in [1.82, 2.24) is 4.98 Å². The number of fused-ring (bicyclic) bond motifs is 1. The van der Waals surface area contributed by atoms with Gasteiger partial charge in [0.2, 0.25) is 0 Å². The predicted octanol–water partition coefficient (Wildman–Crippen LogP) is 7.09. The van der Waals surface area contributed by atoms with Crippen molar-refractivity contribution in [3.8, 4) is 0 Å². The van der Waals surface area contributed by atoms with E-state index in [1.165, 1.54) is 28.4 Å². The molecule has 1 aliphatic rings. The first-order valence-corrected chi connectivity index (χ1v) is 12.6. The molecule has 4 amide bonds. The van der Waals surface area contributed by atoms with Gasteiger partial charge in [-0.2, -0.15) is 0 Å². The number of amides is 4. The van der Waals surface area contributed by atoms with Crippen molar-refractivity contribution < 1.29 is 14.0 Å². The van der Waals surface area contributed by atoms with Crippen LogP contribution in [0.4, 0.5) is 41.9 Å². The van der Waals surface area contributed by atoms with Gasteiger partial charge in [0.15, 0.2) is 0 Å². The van der Waals surface area contributed by atoms with Crippen LogP contribution in [-0.2, 0) is 12.0 Å². The van der Waals surface area contributed by atoms with Crippen molar-refractivity contribution in [1.29, 1.82) is 0 Å². The van der Waals surface area contributed by atoms with Crippen molar-refractivity contribution in [2.45, 2.75) is 46.6 Å². The Morgan fingerprint density at radius 1 is 1.25 bits per heavy atom. The van der Waals surface area contributed by atoms with E-state index in [0.717, 1.165) is 16.7 Å². The number of aromatic nitrogens is 1. The molecule has 0 spiro atoms. The Balaban J connectivity index is 1.58. The van der Waals surface area contributed by atoms with Crippen LogP contribution in [-0.4, -0.2) is 24.1 Å². The molecule has 1 aliphatic heterocycles. The number of carbonyl (C=O) groups is 2. The smallest absolute Gasteiger partial charge is 0.326 e. The van der Waals surface area contributed by atoms with Crippen LogP contribution in [0.2, 0.25) is 5.02 Å². The van der Waals surface area contributed by atoms with Gasteiger partial charge in [-0.05, 0) is 47.9 Å².